The van der Waals surface area contributed by atoms with E-state index < -0.39 is 11.0 Å². The van der Waals surface area contributed by atoms with E-state index in [1.165, 1.54) is 11.3 Å². The zero-order valence-corrected chi connectivity index (χ0v) is 19.0. The maximum absolute atomic E-state index is 12.9. The summed E-state index contributed by atoms with van der Waals surface area (Å²) < 4.78 is 19.7. The second-order valence-corrected chi connectivity index (χ2v) is 9.05. The molecule has 4 aromatic rings. The van der Waals surface area contributed by atoms with Gasteiger partial charge in [-0.25, -0.2) is 9.19 Å². The normalized spacial score (nSPS) is 11.6. The van der Waals surface area contributed by atoms with Crippen molar-refractivity contribution in [2.45, 2.75) is 4.90 Å². The van der Waals surface area contributed by atoms with E-state index in [0.29, 0.717) is 21.3 Å². The van der Waals surface area contributed by atoms with Gasteiger partial charge in [-0.15, -0.1) is 11.3 Å². The van der Waals surface area contributed by atoms with Crippen LogP contribution in [0.3, 0.4) is 0 Å². The van der Waals surface area contributed by atoms with E-state index in [-0.39, 0.29) is 5.91 Å². The standard InChI is InChI=1S/C23H20N4O3S2/c1-27(17-8-10-18(30-2)11-9-17)32(29)19-12-6-16(7-13-19)22(28)26-23-25-21(15-31-23)20-5-3-4-14-24-20/h3-15H,1-2H3,(H,25,26,28). The highest BCUT2D eigenvalue weighted by Gasteiger charge is 2.14. The Morgan fingerprint density at radius 2 is 1.78 bits per heavy atom. The molecule has 2 heterocycles. The van der Waals surface area contributed by atoms with Gasteiger partial charge in [-0.2, -0.15) is 0 Å². The lowest BCUT2D eigenvalue weighted by Gasteiger charge is -2.18. The van der Waals surface area contributed by atoms with Gasteiger partial charge in [-0.05, 0) is 60.7 Å². The molecular formula is C23H20N4O3S2. The van der Waals surface area contributed by atoms with E-state index >= 15 is 0 Å². The minimum absolute atomic E-state index is 0.284. The number of ether oxygens (including phenoxy) is 1. The van der Waals surface area contributed by atoms with Crippen LogP contribution in [0, 0.1) is 0 Å². The van der Waals surface area contributed by atoms with Crippen molar-refractivity contribution in [2.75, 3.05) is 23.8 Å². The molecule has 0 saturated carbocycles. The van der Waals surface area contributed by atoms with Crippen molar-refractivity contribution in [3.8, 4) is 17.1 Å². The topological polar surface area (TPSA) is 84.4 Å². The Kier molecular flexibility index (Phi) is 6.58. The van der Waals surface area contributed by atoms with E-state index in [1.807, 2.05) is 47.8 Å². The summed E-state index contributed by atoms with van der Waals surface area (Å²) in [7, 11) is 1.93. The average Bonchev–Trinajstić information content (AvgIpc) is 3.32. The van der Waals surface area contributed by atoms with Crippen molar-refractivity contribution < 1.29 is 13.7 Å². The highest BCUT2D eigenvalue weighted by Crippen LogP contribution is 2.24. The van der Waals surface area contributed by atoms with Crippen LogP contribution < -0.4 is 14.4 Å². The van der Waals surface area contributed by atoms with E-state index in [0.717, 1.165) is 17.1 Å². The molecule has 4 rings (SSSR count). The Morgan fingerprint density at radius 3 is 2.44 bits per heavy atom. The van der Waals surface area contributed by atoms with Gasteiger partial charge in [0.1, 0.15) is 11.4 Å². The summed E-state index contributed by atoms with van der Waals surface area (Å²) in [6.07, 6.45) is 1.70. The number of benzene rings is 2. The van der Waals surface area contributed by atoms with Crippen LogP contribution in [0.25, 0.3) is 11.4 Å². The van der Waals surface area contributed by atoms with Gasteiger partial charge in [-0.1, -0.05) is 6.07 Å². The van der Waals surface area contributed by atoms with Gasteiger partial charge in [0, 0.05) is 29.9 Å². The van der Waals surface area contributed by atoms with E-state index in [4.69, 9.17) is 4.74 Å². The molecule has 1 N–H and O–H groups in total. The van der Waals surface area contributed by atoms with Crippen LogP contribution in [0.5, 0.6) is 5.75 Å². The van der Waals surface area contributed by atoms with Crippen LogP contribution in [0.1, 0.15) is 10.4 Å². The van der Waals surface area contributed by atoms with Crippen LogP contribution in [0.15, 0.2) is 83.2 Å². The maximum Gasteiger partial charge on any atom is 0.257 e. The second kappa shape index (κ2) is 9.71. The van der Waals surface area contributed by atoms with Crippen LogP contribution >= 0.6 is 11.3 Å². The molecule has 0 aliphatic carbocycles. The number of pyridine rings is 1. The Hall–Kier alpha value is -3.56. The molecule has 0 fully saturated rings. The molecule has 162 valence electrons. The van der Waals surface area contributed by atoms with Crippen LogP contribution in [-0.2, 0) is 11.0 Å². The van der Waals surface area contributed by atoms with Crippen LogP contribution in [0.4, 0.5) is 10.8 Å². The number of hydrogen-bond donors (Lipinski definition) is 1. The molecule has 2 aromatic heterocycles. The number of amides is 1. The molecule has 2 aromatic carbocycles. The highest BCUT2D eigenvalue weighted by atomic mass is 32.2. The van der Waals surface area contributed by atoms with Crippen molar-refractivity contribution in [1.29, 1.82) is 0 Å². The SMILES string of the molecule is COc1ccc(N(C)S(=O)c2ccc(C(=O)Nc3nc(-c4ccccn4)cs3)cc2)cc1. The quantitative estimate of drug-likeness (QED) is 0.431. The molecule has 0 aliphatic rings. The summed E-state index contributed by atoms with van der Waals surface area (Å²) in [6.45, 7) is 0. The van der Waals surface area contributed by atoms with Crippen molar-refractivity contribution >= 4 is 39.0 Å². The van der Waals surface area contributed by atoms with Crippen LogP contribution in [0.2, 0.25) is 0 Å². The highest BCUT2D eigenvalue weighted by molar-refractivity contribution is 7.86. The second-order valence-electron chi connectivity index (χ2n) is 6.68. The number of nitrogens with one attached hydrogen (secondary N) is 1. The number of hydrogen-bond acceptors (Lipinski definition) is 6. The molecule has 9 heteroatoms. The van der Waals surface area contributed by atoms with Gasteiger partial charge in [0.15, 0.2) is 16.1 Å². The molecule has 1 unspecified atom stereocenters. The van der Waals surface area contributed by atoms with Crippen molar-refractivity contribution in [3.05, 3.63) is 83.9 Å². The minimum Gasteiger partial charge on any atom is -0.497 e. The third kappa shape index (κ3) is 4.84. The summed E-state index contributed by atoms with van der Waals surface area (Å²) in [5, 5.41) is 5.13. The predicted octanol–water partition coefficient (Wildman–Crippen LogP) is 4.63. The zero-order chi connectivity index (χ0) is 22.5. The van der Waals surface area contributed by atoms with Gasteiger partial charge < -0.3 is 4.74 Å². The number of carbonyl (C=O) groups is 1. The molecule has 0 aliphatic heterocycles. The molecule has 7 nitrogen and oxygen atoms in total. The molecule has 32 heavy (non-hydrogen) atoms. The molecule has 1 amide bonds. The third-order valence-electron chi connectivity index (χ3n) is 4.65. The molecular weight excluding hydrogens is 444 g/mol. The number of aromatic nitrogens is 2. The van der Waals surface area contributed by atoms with Crippen LogP contribution in [-0.4, -0.2) is 34.2 Å². The number of anilines is 2. The third-order valence-corrected chi connectivity index (χ3v) is 6.80. The Balaban J connectivity index is 1.42. The lowest BCUT2D eigenvalue weighted by Crippen LogP contribution is -2.20. The first-order valence-electron chi connectivity index (χ1n) is 9.63. The lowest BCUT2D eigenvalue weighted by atomic mass is 10.2. The van der Waals surface area contributed by atoms with Gasteiger partial charge in [0.05, 0.1) is 17.7 Å². The van der Waals surface area contributed by atoms with E-state index in [1.54, 1.807) is 48.9 Å². The first kappa shape index (κ1) is 21.7. The fourth-order valence-corrected chi connectivity index (χ4v) is 4.60. The summed E-state index contributed by atoms with van der Waals surface area (Å²) in [5.74, 6) is 0.448. The predicted molar refractivity (Wildman–Crippen MR) is 128 cm³/mol. The Morgan fingerprint density at radius 1 is 1.03 bits per heavy atom. The van der Waals surface area contributed by atoms with Gasteiger partial charge >= 0.3 is 0 Å². The molecule has 1 atom stereocenters. The van der Waals surface area contributed by atoms with Crippen molar-refractivity contribution in [2.24, 2.45) is 0 Å². The van der Waals surface area contributed by atoms with Gasteiger partial charge in [-0.3, -0.25) is 19.4 Å². The number of rotatable bonds is 7. The van der Waals surface area contributed by atoms with E-state index in [2.05, 4.69) is 15.3 Å². The van der Waals surface area contributed by atoms with Gasteiger partial charge in [0.2, 0.25) is 0 Å². The van der Waals surface area contributed by atoms with Gasteiger partial charge in [0.25, 0.3) is 5.91 Å². The number of methoxy groups -OCH3 is 1. The molecule has 0 spiro atoms. The monoisotopic (exact) mass is 464 g/mol. The molecule has 0 saturated heterocycles. The largest absolute Gasteiger partial charge is 0.497 e. The Bertz CT molecular complexity index is 1230. The fourth-order valence-electron chi connectivity index (χ4n) is 2.90. The zero-order valence-electron chi connectivity index (χ0n) is 17.4. The first-order chi connectivity index (χ1) is 15.5. The fraction of sp³-hybridized carbons (Fsp3) is 0.0870. The molecule has 0 radical (unpaired) electrons. The number of nitrogens with zero attached hydrogens (tertiary/aromatic N) is 3. The summed E-state index contributed by atoms with van der Waals surface area (Å²) >= 11 is 1.33. The summed E-state index contributed by atoms with van der Waals surface area (Å²) in [5.41, 5.74) is 2.70. The summed E-state index contributed by atoms with van der Waals surface area (Å²) in [6, 6.07) is 19.6. The summed E-state index contributed by atoms with van der Waals surface area (Å²) in [4.78, 5) is 21.9. The number of carbonyl (C=O) groups excluding carboxylic acids is 1. The van der Waals surface area contributed by atoms with Crippen molar-refractivity contribution in [1.82, 2.24) is 9.97 Å². The number of thiazole rings is 1. The van der Waals surface area contributed by atoms with E-state index in [9.17, 15) is 9.00 Å². The maximum atomic E-state index is 12.9. The molecule has 0 bridgehead atoms. The Labute approximate surface area is 192 Å². The smallest absolute Gasteiger partial charge is 0.257 e. The first-order valence-corrected chi connectivity index (χ1v) is 11.6. The average molecular weight is 465 g/mol. The van der Waals surface area contributed by atoms with Crippen molar-refractivity contribution in [3.63, 3.8) is 0 Å². The lowest BCUT2D eigenvalue weighted by molar-refractivity contribution is 0.102. The minimum atomic E-state index is -1.42.